The molecule has 182 valence electrons. The Kier molecular flexibility index (Phi) is 9.88. The second-order valence-electron chi connectivity index (χ2n) is 8.84. The summed E-state index contributed by atoms with van der Waals surface area (Å²) in [7, 11) is 1.98. The molecular weight excluding hydrogens is 537 g/mol. The maximum atomic E-state index is 4.87. The van der Waals surface area contributed by atoms with E-state index in [1.54, 1.807) is 0 Å². The summed E-state index contributed by atoms with van der Waals surface area (Å²) in [5.41, 5.74) is 2.61. The fraction of sp³-hybridized carbons (Fsp3) is 0.423. The van der Waals surface area contributed by atoms with E-state index in [9.17, 15) is 0 Å². The minimum Gasteiger partial charge on any atom is -0.354 e. The zero-order valence-electron chi connectivity index (χ0n) is 20.3. The second kappa shape index (κ2) is 12.9. The largest absolute Gasteiger partial charge is 0.354 e. The molecule has 0 aliphatic carbocycles. The first-order valence-corrected chi connectivity index (χ1v) is 11.8. The van der Waals surface area contributed by atoms with E-state index >= 15 is 0 Å². The van der Waals surface area contributed by atoms with E-state index in [0.29, 0.717) is 12.6 Å². The van der Waals surface area contributed by atoms with Crippen molar-refractivity contribution in [2.45, 2.75) is 51.9 Å². The minimum atomic E-state index is 0. The molecule has 2 aromatic carbocycles. The zero-order chi connectivity index (χ0) is 23.0. The van der Waals surface area contributed by atoms with Gasteiger partial charge in [-0.3, -0.25) is 4.90 Å². The van der Waals surface area contributed by atoms with Crippen LogP contribution in [0.1, 0.15) is 48.6 Å². The smallest absolute Gasteiger partial charge is 0.192 e. The van der Waals surface area contributed by atoms with Crippen molar-refractivity contribution in [1.29, 1.82) is 0 Å². The third kappa shape index (κ3) is 7.27. The highest BCUT2D eigenvalue weighted by Crippen LogP contribution is 2.15. The first kappa shape index (κ1) is 26.2. The predicted octanol–water partition coefficient (Wildman–Crippen LogP) is 4.20. The average Bonchev–Trinajstić information content (AvgIpc) is 3.17. The van der Waals surface area contributed by atoms with Crippen molar-refractivity contribution in [2.75, 3.05) is 13.1 Å². The SMILES string of the molecule is Cc1nnc(CN=C(NC2CCN(Cc3ccccc3)CC2)NC(C)c2ccccc2)n1C.I. The molecule has 34 heavy (non-hydrogen) atoms. The van der Waals surface area contributed by atoms with Gasteiger partial charge in [0.1, 0.15) is 12.4 Å². The molecule has 0 spiro atoms. The van der Waals surface area contributed by atoms with E-state index in [2.05, 4.69) is 87.3 Å². The average molecular weight is 574 g/mol. The van der Waals surface area contributed by atoms with Gasteiger partial charge >= 0.3 is 0 Å². The lowest BCUT2D eigenvalue weighted by Gasteiger charge is -2.33. The summed E-state index contributed by atoms with van der Waals surface area (Å²) in [5.74, 6) is 2.58. The fourth-order valence-corrected chi connectivity index (χ4v) is 4.17. The van der Waals surface area contributed by atoms with Crippen LogP contribution in [-0.4, -0.2) is 44.8 Å². The van der Waals surface area contributed by atoms with Gasteiger partial charge in [0.15, 0.2) is 11.8 Å². The molecule has 1 fully saturated rings. The molecule has 2 heterocycles. The lowest BCUT2D eigenvalue weighted by atomic mass is 10.0. The topological polar surface area (TPSA) is 70.4 Å². The number of hydrogen-bond donors (Lipinski definition) is 2. The summed E-state index contributed by atoms with van der Waals surface area (Å²) in [5, 5.41) is 15.7. The maximum absolute atomic E-state index is 4.87. The highest BCUT2D eigenvalue weighted by molar-refractivity contribution is 14.0. The molecular formula is C26H36IN7. The van der Waals surface area contributed by atoms with Crippen LogP contribution in [0.3, 0.4) is 0 Å². The van der Waals surface area contributed by atoms with Crippen molar-refractivity contribution in [3.63, 3.8) is 0 Å². The van der Waals surface area contributed by atoms with Crippen LogP contribution < -0.4 is 10.6 Å². The number of aliphatic imine (C=N–C) groups is 1. The number of benzene rings is 2. The molecule has 2 N–H and O–H groups in total. The van der Waals surface area contributed by atoms with Crippen LogP contribution in [0.4, 0.5) is 0 Å². The summed E-state index contributed by atoms with van der Waals surface area (Å²) in [6.07, 6.45) is 2.19. The van der Waals surface area contributed by atoms with Crippen LogP contribution in [-0.2, 0) is 20.1 Å². The number of guanidine groups is 1. The van der Waals surface area contributed by atoms with Gasteiger partial charge in [-0.15, -0.1) is 34.2 Å². The van der Waals surface area contributed by atoms with Crippen LogP contribution >= 0.6 is 24.0 Å². The van der Waals surface area contributed by atoms with Gasteiger partial charge in [0.05, 0.1) is 6.04 Å². The van der Waals surface area contributed by atoms with E-state index in [-0.39, 0.29) is 30.0 Å². The molecule has 0 radical (unpaired) electrons. The lowest BCUT2D eigenvalue weighted by Crippen LogP contribution is -2.49. The summed E-state index contributed by atoms with van der Waals surface area (Å²) in [4.78, 5) is 7.41. The van der Waals surface area contributed by atoms with Gasteiger partial charge in [0.2, 0.25) is 0 Å². The number of hydrogen-bond acceptors (Lipinski definition) is 4. The number of nitrogens with zero attached hydrogens (tertiary/aromatic N) is 5. The first-order chi connectivity index (χ1) is 16.1. The summed E-state index contributed by atoms with van der Waals surface area (Å²) < 4.78 is 1.99. The standard InChI is InChI=1S/C26H35N7.HI/c1-20(23-12-8-5-9-13-23)28-26(27-18-25-31-30-21(2)32(25)3)29-24-14-16-33(17-15-24)19-22-10-6-4-7-11-22;/h4-13,20,24H,14-19H2,1-3H3,(H2,27,28,29);1H. The van der Waals surface area contributed by atoms with Crippen LogP contribution in [0.15, 0.2) is 65.7 Å². The lowest BCUT2D eigenvalue weighted by molar-refractivity contribution is 0.198. The number of halogens is 1. The van der Waals surface area contributed by atoms with Crippen LogP contribution in [0.5, 0.6) is 0 Å². The molecule has 7 nitrogen and oxygen atoms in total. The molecule has 8 heteroatoms. The Labute approximate surface area is 220 Å². The molecule has 3 aromatic rings. The molecule has 4 rings (SSSR count). The third-order valence-corrected chi connectivity index (χ3v) is 6.39. The van der Waals surface area contributed by atoms with Crippen LogP contribution in [0, 0.1) is 6.92 Å². The van der Waals surface area contributed by atoms with Crippen molar-refractivity contribution in [2.24, 2.45) is 12.0 Å². The second-order valence-corrected chi connectivity index (χ2v) is 8.84. The van der Waals surface area contributed by atoms with Crippen molar-refractivity contribution in [3.8, 4) is 0 Å². The first-order valence-electron chi connectivity index (χ1n) is 11.8. The van der Waals surface area contributed by atoms with Gasteiger partial charge in [0.25, 0.3) is 0 Å². The Morgan fingerprint density at radius 3 is 2.29 bits per heavy atom. The van der Waals surface area contributed by atoms with Crippen LogP contribution in [0.25, 0.3) is 0 Å². The molecule has 1 aromatic heterocycles. The fourth-order valence-electron chi connectivity index (χ4n) is 4.17. The van der Waals surface area contributed by atoms with E-state index < -0.39 is 0 Å². The van der Waals surface area contributed by atoms with Gasteiger partial charge in [0, 0.05) is 32.7 Å². The van der Waals surface area contributed by atoms with Crippen LogP contribution in [0.2, 0.25) is 0 Å². The molecule has 0 bridgehead atoms. The number of aromatic nitrogens is 3. The summed E-state index contributed by atoms with van der Waals surface area (Å²) in [6, 6.07) is 21.7. The van der Waals surface area contributed by atoms with Crippen molar-refractivity contribution in [3.05, 3.63) is 83.4 Å². The normalized spacial score (nSPS) is 16.0. The van der Waals surface area contributed by atoms with Gasteiger partial charge in [-0.25, -0.2) is 4.99 Å². The van der Waals surface area contributed by atoms with Gasteiger partial charge < -0.3 is 15.2 Å². The van der Waals surface area contributed by atoms with E-state index in [1.807, 2.05) is 24.6 Å². The Morgan fingerprint density at radius 2 is 1.68 bits per heavy atom. The zero-order valence-corrected chi connectivity index (χ0v) is 22.6. The Morgan fingerprint density at radius 1 is 1.03 bits per heavy atom. The Balaban J connectivity index is 0.00000324. The Bertz CT molecular complexity index is 1030. The van der Waals surface area contributed by atoms with E-state index in [4.69, 9.17) is 4.99 Å². The molecule has 0 saturated carbocycles. The Hall–Kier alpha value is -2.46. The molecule has 1 aliphatic heterocycles. The number of likely N-dealkylation sites (tertiary alicyclic amines) is 1. The summed E-state index contributed by atoms with van der Waals surface area (Å²) >= 11 is 0. The van der Waals surface area contributed by atoms with Crippen molar-refractivity contribution >= 4 is 29.9 Å². The highest BCUT2D eigenvalue weighted by Gasteiger charge is 2.21. The molecule has 1 aliphatic rings. The molecule has 0 amide bonds. The molecule has 1 saturated heterocycles. The van der Waals surface area contributed by atoms with Gasteiger partial charge in [-0.2, -0.15) is 0 Å². The number of rotatable bonds is 7. The number of aryl methyl sites for hydroxylation is 1. The quantitative estimate of drug-likeness (QED) is 0.252. The maximum Gasteiger partial charge on any atom is 0.192 e. The number of nitrogens with one attached hydrogen (secondary N) is 2. The van der Waals surface area contributed by atoms with Crippen molar-refractivity contribution < 1.29 is 0 Å². The summed E-state index contributed by atoms with van der Waals surface area (Å²) in [6.45, 7) is 7.79. The van der Waals surface area contributed by atoms with Crippen molar-refractivity contribution in [1.82, 2.24) is 30.3 Å². The highest BCUT2D eigenvalue weighted by atomic mass is 127. The number of piperidine rings is 1. The predicted molar refractivity (Wildman–Crippen MR) is 148 cm³/mol. The molecule has 1 atom stereocenters. The van der Waals surface area contributed by atoms with E-state index in [1.165, 1.54) is 11.1 Å². The van der Waals surface area contributed by atoms with Gasteiger partial charge in [-0.05, 0) is 37.8 Å². The van der Waals surface area contributed by atoms with E-state index in [0.717, 1.165) is 50.1 Å². The molecule has 1 unspecified atom stereocenters. The third-order valence-electron chi connectivity index (χ3n) is 6.39. The minimum absolute atomic E-state index is 0. The van der Waals surface area contributed by atoms with Gasteiger partial charge in [-0.1, -0.05) is 60.7 Å². The monoisotopic (exact) mass is 573 g/mol.